The molecule has 20 heavy (non-hydrogen) atoms. The summed E-state index contributed by atoms with van der Waals surface area (Å²) in [5.41, 5.74) is 0.701. The predicted octanol–water partition coefficient (Wildman–Crippen LogP) is 2.18. The van der Waals surface area contributed by atoms with Crippen LogP contribution in [0.2, 0.25) is 0 Å². The highest BCUT2D eigenvalue weighted by Gasteiger charge is 2.18. The highest BCUT2D eigenvalue weighted by atomic mass is 79.9. The van der Waals surface area contributed by atoms with Gasteiger partial charge in [-0.15, -0.1) is 0 Å². The van der Waals surface area contributed by atoms with Crippen LogP contribution in [0.15, 0.2) is 22.7 Å². The third-order valence-electron chi connectivity index (χ3n) is 3.52. The lowest BCUT2D eigenvalue weighted by Gasteiger charge is -2.34. The number of aliphatic carboxylic acids is 1. The van der Waals surface area contributed by atoms with Crippen LogP contribution in [0.1, 0.15) is 12.0 Å². The van der Waals surface area contributed by atoms with E-state index in [0.717, 1.165) is 30.7 Å². The molecule has 0 aromatic heterocycles. The summed E-state index contributed by atoms with van der Waals surface area (Å²) >= 11 is 3.25. The topological polar surface area (TPSA) is 43.8 Å². The van der Waals surface area contributed by atoms with Crippen LogP contribution in [0, 0.1) is 5.82 Å². The van der Waals surface area contributed by atoms with E-state index in [4.69, 9.17) is 5.11 Å². The number of carboxylic acid groups (broad SMARTS) is 1. The monoisotopic (exact) mass is 344 g/mol. The van der Waals surface area contributed by atoms with Crippen molar-refractivity contribution >= 4 is 21.9 Å². The van der Waals surface area contributed by atoms with Crippen LogP contribution in [0.25, 0.3) is 0 Å². The van der Waals surface area contributed by atoms with Crippen LogP contribution in [-0.2, 0) is 11.3 Å². The van der Waals surface area contributed by atoms with Crippen LogP contribution in [-0.4, -0.2) is 53.6 Å². The van der Waals surface area contributed by atoms with Gasteiger partial charge in [-0.1, -0.05) is 22.0 Å². The van der Waals surface area contributed by atoms with Gasteiger partial charge in [-0.2, -0.15) is 0 Å². The first-order chi connectivity index (χ1) is 9.54. The smallest absolute Gasteiger partial charge is 0.304 e. The lowest BCUT2D eigenvalue weighted by Crippen LogP contribution is -2.46. The molecule has 0 saturated carbocycles. The van der Waals surface area contributed by atoms with Crippen LogP contribution in [0.4, 0.5) is 4.39 Å². The maximum Gasteiger partial charge on any atom is 0.304 e. The minimum Gasteiger partial charge on any atom is -0.481 e. The van der Waals surface area contributed by atoms with Gasteiger partial charge in [0, 0.05) is 49.3 Å². The Balaban J connectivity index is 1.80. The largest absolute Gasteiger partial charge is 0.481 e. The highest BCUT2D eigenvalue weighted by Crippen LogP contribution is 2.17. The number of hydrogen-bond donors (Lipinski definition) is 1. The average molecular weight is 345 g/mol. The van der Waals surface area contributed by atoms with Gasteiger partial charge in [-0.3, -0.25) is 9.69 Å². The molecule has 2 rings (SSSR count). The first kappa shape index (κ1) is 15.4. The number of carbonyl (C=O) groups is 1. The van der Waals surface area contributed by atoms with E-state index in [1.165, 1.54) is 6.07 Å². The van der Waals surface area contributed by atoms with Crippen LogP contribution in [0.3, 0.4) is 0 Å². The molecule has 0 spiro atoms. The molecule has 1 saturated heterocycles. The highest BCUT2D eigenvalue weighted by molar-refractivity contribution is 9.10. The van der Waals surface area contributed by atoms with E-state index in [1.807, 2.05) is 6.07 Å². The second-order valence-corrected chi connectivity index (χ2v) is 5.91. The number of rotatable bonds is 5. The summed E-state index contributed by atoms with van der Waals surface area (Å²) in [6.45, 7) is 4.56. The zero-order chi connectivity index (χ0) is 14.5. The molecular weight excluding hydrogens is 327 g/mol. The number of hydrogen-bond acceptors (Lipinski definition) is 3. The second-order valence-electron chi connectivity index (χ2n) is 5.00. The van der Waals surface area contributed by atoms with Gasteiger partial charge in [-0.05, 0) is 12.1 Å². The van der Waals surface area contributed by atoms with Gasteiger partial charge < -0.3 is 10.0 Å². The van der Waals surface area contributed by atoms with E-state index in [-0.39, 0.29) is 12.2 Å². The van der Waals surface area contributed by atoms with E-state index in [2.05, 4.69) is 25.7 Å². The number of piperazine rings is 1. The fourth-order valence-electron chi connectivity index (χ4n) is 2.32. The van der Waals surface area contributed by atoms with Gasteiger partial charge in [0.1, 0.15) is 5.82 Å². The molecule has 1 aliphatic heterocycles. The van der Waals surface area contributed by atoms with E-state index >= 15 is 0 Å². The van der Waals surface area contributed by atoms with Gasteiger partial charge in [-0.25, -0.2) is 4.39 Å². The van der Waals surface area contributed by atoms with Gasteiger partial charge in [0.25, 0.3) is 0 Å². The molecule has 1 fully saturated rings. The van der Waals surface area contributed by atoms with Crippen LogP contribution in [0.5, 0.6) is 0 Å². The summed E-state index contributed by atoms with van der Waals surface area (Å²) in [7, 11) is 0. The van der Waals surface area contributed by atoms with E-state index in [1.54, 1.807) is 6.07 Å². The standard InChI is InChI=1S/C14H18BrFN2O2/c15-12-2-1-11(13(16)9-12)10-18-7-5-17(6-8-18)4-3-14(19)20/h1-2,9H,3-8,10H2,(H,19,20). The Morgan fingerprint density at radius 3 is 2.50 bits per heavy atom. The minimum absolute atomic E-state index is 0.182. The van der Waals surface area contributed by atoms with Gasteiger partial charge in [0.05, 0.1) is 6.42 Å². The molecular formula is C14H18BrFN2O2. The van der Waals surface area contributed by atoms with Gasteiger partial charge >= 0.3 is 5.97 Å². The summed E-state index contributed by atoms with van der Waals surface area (Å²) in [5, 5.41) is 8.66. The molecule has 1 heterocycles. The Morgan fingerprint density at radius 1 is 1.25 bits per heavy atom. The number of carboxylic acids is 1. The number of benzene rings is 1. The lowest BCUT2D eigenvalue weighted by atomic mass is 10.2. The van der Waals surface area contributed by atoms with Gasteiger partial charge in [0.2, 0.25) is 0 Å². The van der Waals surface area contributed by atoms with E-state index < -0.39 is 5.97 Å². The second kappa shape index (κ2) is 7.15. The summed E-state index contributed by atoms with van der Waals surface area (Å²) < 4.78 is 14.5. The van der Waals surface area contributed by atoms with Crippen molar-refractivity contribution in [3.8, 4) is 0 Å². The van der Waals surface area contributed by atoms with Crippen LogP contribution >= 0.6 is 15.9 Å². The molecule has 0 bridgehead atoms. The molecule has 1 aromatic rings. The maximum absolute atomic E-state index is 13.8. The van der Waals surface area contributed by atoms with Crippen molar-refractivity contribution in [2.75, 3.05) is 32.7 Å². The zero-order valence-electron chi connectivity index (χ0n) is 11.2. The fourth-order valence-corrected chi connectivity index (χ4v) is 2.65. The van der Waals surface area contributed by atoms with Crippen molar-refractivity contribution in [3.63, 3.8) is 0 Å². The Hall–Kier alpha value is -0.980. The molecule has 110 valence electrons. The SMILES string of the molecule is O=C(O)CCN1CCN(Cc2ccc(Br)cc2F)CC1. The normalized spacial score (nSPS) is 17.3. The molecule has 0 amide bonds. The van der Waals surface area contributed by atoms with Crippen molar-refractivity contribution in [1.82, 2.24) is 9.80 Å². The molecule has 1 aliphatic rings. The molecule has 1 N–H and O–H groups in total. The van der Waals surface area contributed by atoms with Gasteiger partial charge in [0.15, 0.2) is 0 Å². The Kier molecular flexibility index (Phi) is 5.51. The third kappa shape index (κ3) is 4.54. The first-order valence-electron chi connectivity index (χ1n) is 6.65. The third-order valence-corrected chi connectivity index (χ3v) is 4.01. The summed E-state index contributed by atoms with van der Waals surface area (Å²) in [6, 6.07) is 5.14. The molecule has 6 heteroatoms. The molecule has 1 aromatic carbocycles. The predicted molar refractivity (Wildman–Crippen MR) is 78.1 cm³/mol. The lowest BCUT2D eigenvalue weighted by molar-refractivity contribution is -0.137. The van der Waals surface area contributed by atoms with Crippen molar-refractivity contribution in [2.24, 2.45) is 0 Å². The molecule has 0 atom stereocenters. The van der Waals surface area contributed by atoms with E-state index in [0.29, 0.717) is 18.7 Å². The first-order valence-corrected chi connectivity index (χ1v) is 7.44. The maximum atomic E-state index is 13.8. The summed E-state index contributed by atoms with van der Waals surface area (Å²) in [4.78, 5) is 14.9. The van der Waals surface area contributed by atoms with Crippen molar-refractivity contribution in [2.45, 2.75) is 13.0 Å². The van der Waals surface area contributed by atoms with Crippen molar-refractivity contribution in [3.05, 3.63) is 34.1 Å². The minimum atomic E-state index is -0.760. The molecule has 0 aliphatic carbocycles. The zero-order valence-corrected chi connectivity index (χ0v) is 12.8. The molecule has 0 radical (unpaired) electrons. The van der Waals surface area contributed by atoms with Crippen LogP contribution < -0.4 is 0 Å². The van der Waals surface area contributed by atoms with Crippen molar-refractivity contribution < 1.29 is 14.3 Å². The van der Waals surface area contributed by atoms with Crippen molar-refractivity contribution in [1.29, 1.82) is 0 Å². The Bertz CT molecular complexity index is 476. The number of nitrogens with zero attached hydrogens (tertiary/aromatic N) is 2. The fraction of sp³-hybridized carbons (Fsp3) is 0.500. The summed E-state index contributed by atoms with van der Waals surface area (Å²) in [5.74, 6) is -0.947. The quantitative estimate of drug-likeness (QED) is 0.889. The summed E-state index contributed by atoms with van der Waals surface area (Å²) in [6.07, 6.45) is 0.182. The Labute approximate surface area is 126 Å². The number of halogens is 2. The Morgan fingerprint density at radius 2 is 1.90 bits per heavy atom. The molecule has 0 unspecified atom stereocenters. The molecule has 4 nitrogen and oxygen atoms in total. The van der Waals surface area contributed by atoms with E-state index in [9.17, 15) is 9.18 Å². The average Bonchev–Trinajstić information content (AvgIpc) is 2.41.